The van der Waals surface area contributed by atoms with Crippen molar-refractivity contribution in [1.82, 2.24) is 5.32 Å². The topological polar surface area (TPSA) is 12.0 Å². The normalized spacial score (nSPS) is 9.57. The first-order valence-electron chi connectivity index (χ1n) is 4.78. The Bertz CT molecular complexity index is 234. The molecule has 14 heavy (non-hydrogen) atoms. The van der Waals surface area contributed by atoms with E-state index in [1.165, 1.54) is 18.4 Å². The average Bonchev–Trinajstić information content (AvgIpc) is 2.15. The van der Waals surface area contributed by atoms with Gasteiger partial charge in [-0.25, -0.2) is 0 Å². The summed E-state index contributed by atoms with van der Waals surface area (Å²) in [6.45, 7) is 4.24. The van der Waals surface area contributed by atoms with Crippen LogP contribution in [0.2, 0.25) is 5.02 Å². The maximum Gasteiger partial charge on any atom is 0.0406 e. The van der Waals surface area contributed by atoms with Gasteiger partial charge in [0.25, 0.3) is 0 Å². The summed E-state index contributed by atoms with van der Waals surface area (Å²) in [4.78, 5) is 0. The third kappa shape index (κ3) is 5.48. The summed E-state index contributed by atoms with van der Waals surface area (Å²) in [7, 11) is 0. The van der Waals surface area contributed by atoms with Crippen molar-refractivity contribution < 1.29 is 12.4 Å². The molecule has 80 valence electrons. The molecule has 1 nitrogen and oxygen atoms in total. The molecular weight excluding hydrogens is 217 g/mol. The Morgan fingerprint density at radius 2 is 1.86 bits per heavy atom. The second-order valence-electron chi connectivity index (χ2n) is 3.16. The summed E-state index contributed by atoms with van der Waals surface area (Å²) in [6, 6.07) is 7.97. The lowest BCUT2D eigenvalue weighted by Crippen LogP contribution is -3.00. The van der Waals surface area contributed by atoms with E-state index in [0.717, 1.165) is 18.1 Å². The minimum atomic E-state index is 0. The number of hydrogen-bond donors (Lipinski definition) is 1. The van der Waals surface area contributed by atoms with E-state index in [1.54, 1.807) is 0 Å². The predicted molar refractivity (Wildman–Crippen MR) is 58.1 cm³/mol. The smallest absolute Gasteiger partial charge is 0.0406 e. The lowest BCUT2D eigenvalue weighted by molar-refractivity contribution is -0.00000270. The van der Waals surface area contributed by atoms with Crippen LogP contribution in [0.5, 0.6) is 0 Å². The minimum Gasteiger partial charge on any atom is -1.00 e. The van der Waals surface area contributed by atoms with Crippen molar-refractivity contribution in [3.63, 3.8) is 0 Å². The molecule has 0 aliphatic rings. The fraction of sp³-hybridized carbons (Fsp3) is 0.455. The Balaban J connectivity index is 0.00000169. The zero-order chi connectivity index (χ0) is 9.52. The Kier molecular flexibility index (Phi) is 7.96. The van der Waals surface area contributed by atoms with Gasteiger partial charge in [-0.15, -0.1) is 0 Å². The predicted octanol–water partition coefficient (Wildman–Crippen LogP) is 0.234. The number of rotatable bonds is 5. The summed E-state index contributed by atoms with van der Waals surface area (Å²) >= 11 is 5.78. The number of hydrogen-bond acceptors (Lipinski definition) is 1. The van der Waals surface area contributed by atoms with Gasteiger partial charge in [0.15, 0.2) is 0 Å². The van der Waals surface area contributed by atoms with E-state index in [4.69, 9.17) is 11.6 Å². The molecular formula is C11H16Cl2N-. The van der Waals surface area contributed by atoms with Crippen molar-refractivity contribution in [3.8, 4) is 0 Å². The van der Waals surface area contributed by atoms with E-state index in [9.17, 15) is 0 Å². The highest BCUT2D eigenvalue weighted by Crippen LogP contribution is 2.08. The Morgan fingerprint density at radius 1 is 1.21 bits per heavy atom. The highest BCUT2D eigenvalue weighted by atomic mass is 35.5. The lowest BCUT2D eigenvalue weighted by Gasteiger charge is -2.03. The molecule has 0 aliphatic carbocycles. The molecule has 0 saturated heterocycles. The molecule has 1 aromatic rings. The first kappa shape index (κ1) is 13.8. The van der Waals surface area contributed by atoms with Crippen molar-refractivity contribution in [1.29, 1.82) is 0 Å². The van der Waals surface area contributed by atoms with E-state index in [2.05, 4.69) is 24.4 Å². The van der Waals surface area contributed by atoms with Gasteiger partial charge in [-0.05, 0) is 30.7 Å². The third-order valence-electron chi connectivity index (χ3n) is 1.95. The van der Waals surface area contributed by atoms with Crippen LogP contribution in [0.4, 0.5) is 0 Å². The van der Waals surface area contributed by atoms with Crippen LogP contribution in [0.15, 0.2) is 24.3 Å². The van der Waals surface area contributed by atoms with Gasteiger partial charge >= 0.3 is 0 Å². The van der Waals surface area contributed by atoms with E-state index >= 15 is 0 Å². The molecule has 0 unspecified atom stereocenters. The molecule has 0 spiro atoms. The Labute approximate surface area is 97.3 Å². The van der Waals surface area contributed by atoms with Gasteiger partial charge in [-0.3, -0.25) is 0 Å². The molecule has 0 aliphatic heterocycles. The van der Waals surface area contributed by atoms with Gasteiger partial charge in [-0.1, -0.05) is 37.1 Å². The van der Waals surface area contributed by atoms with E-state index in [0.29, 0.717) is 0 Å². The molecule has 3 heteroatoms. The largest absolute Gasteiger partial charge is 1.00 e. The molecule has 1 rings (SSSR count). The van der Waals surface area contributed by atoms with E-state index in [1.807, 2.05) is 12.1 Å². The van der Waals surface area contributed by atoms with Gasteiger partial charge in [0, 0.05) is 11.6 Å². The van der Waals surface area contributed by atoms with Gasteiger partial charge in [0.05, 0.1) is 0 Å². The second kappa shape index (κ2) is 8.10. The molecule has 1 N–H and O–H groups in total. The monoisotopic (exact) mass is 232 g/mol. The Hall–Kier alpha value is -0.240. The first-order valence-corrected chi connectivity index (χ1v) is 5.16. The van der Waals surface area contributed by atoms with Crippen molar-refractivity contribution in [2.45, 2.75) is 26.3 Å². The number of unbranched alkanes of at least 4 members (excludes halogenated alkanes) is 1. The average molecular weight is 233 g/mol. The first-order chi connectivity index (χ1) is 6.33. The zero-order valence-corrected chi connectivity index (χ0v) is 9.91. The molecule has 0 fully saturated rings. The number of halogens is 2. The molecule has 1 aromatic carbocycles. The second-order valence-corrected chi connectivity index (χ2v) is 3.59. The van der Waals surface area contributed by atoms with Crippen LogP contribution in [-0.2, 0) is 6.54 Å². The van der Waals surface area contributed by atoms with Crippen LogP contribution < -0.4 is 17.7 Å². The molecule has 0 radical (unpaired) electrons. The molecule has 0 aromatic heterocycles. The van der Waals surface area contributed by atoms with Gasteiger partial charge in [0.2, 0.25) is 0 Å². The van der Waals surface area contributed by atoms with Crippen molar-refractivity contribution in [2.75, 3.05) is 6.54 Å². The van der Waals surface area contributed by atoms with Crippen LogP contribution in [0.3, 0.4) is 0 Å². The quantitative estimate of drug-likeness (QED) is 0.718. The SMILES string of the molecule is CCCCNCc1ccc(Cl)cc1.[Cl-]. The summed E-state index contributed by atoms with van der Waals surface area (Å²) in [5.74, 6) is 0. The summed E-state index contributed by atoms with van der Waals surface area (Å²) < 4.78 is 0. The minimum absolute atomic E-state index is 0. The van der Waals surface area contributed by atoms with Crippen LogP contribution >= 0.6 is 11.6 Å². The lowest BCUT2D eigenvalue weighted by atomic mass is 10.2. The van der Waals surface area contributed by atoms with Crippen LogP contribution in [-0.4, -0.2) is 6.54 Å². The number of nitrogens with one attached hydrogen (secondary N) is 1. The summed E-state index contributed by atoms with van der Waals surface area (Å²) in [6.07, 6.45) is 2.49. The zero-order valence-electron chi connectivity index (χ0n) is 8.39. The highest BCUT2D eigenvalue weighted by molar-refractivity contribution is 6.30. The van der Waals surface area contributed by atoms with E-state index < -0.39 is 0 Å². The standard InChI is InChI=1S/C11H16ClN.ClH/c1-2-3-8-13-9-10-4-6-11(12)7-5-10;/h4-7,13H,2-3,8-9H2,1H3;1H/p-1. The van der Waals surface area contributed by atoms with Crippen LogP contribution in [0, 0.1) is 0 Å². The number of benzene rings is 1. The van der Waals surface area contributed by atoms with Gasteiger partial charge in [0.1, 0.15) is 0 Å². The third-order valence-corrected chi connectivity index (χ3v) is 2.20. The fourth-order valence-corrected chi connectivity index (χ4v) is 1.26. The van der Waals surface area contributed by atoms with Gasteiger partial charge < -0.3 is 17.7 Å². The van der Waals surface area contributed by atoms with E-state index in [-0.39, 0.29) is 12.4 Å². The molecule has 0 amide bonds. The maximum atomic E-state index is 5.78. The van der Waals surface area contributed by atoms with Crippen LogP contribution in [0.1, 0.15) is 25.3 Å². The molecule has 0 heterocycles. The van der Waals surface area contributed by atoms with Crippen molar-refractivity contribution in [2.24, 2.45) is 0 Å². The Morgan fingerprint density at radius 3 is 2.43 bits per heavy atom. The summed E-state index contributed by atoms with van der Waals surface area (Å²) in [5, 5.41) is 4.18. The molecule has 0 atom stereocenters. The maximum absolute atomic E-state index is 5.78. The highest BCUT2D eigenvalue weighted by Gasteiger charge is 1.91. The van der Waals surface area contributed by atoms with Gasteiger partial charge in [-0.2, -0.15) is 0 Å². The van der Waals surface area contributed by atoms with Crippen molar-refractivity contribution in [3.05, 3.63) is 34.9 Å². The van der Waals surface area contributed by atoms with Crippen molar-refractivity contribution >= 4 is 11.6 Å². The summed E-state index contributed by atoms with van der Waals surface area (Å²) in [5.41, 5.74) is 1.29. The molecule has 0 bridgehead atoms. The fourth-order valence-electron chi connectivity index (χ4n) is 1.14. The molecule has 0 saturated carbocycles. The van der Waals surface area contributed by atoms with Crippen LogP contribution in [0.25, 0.3) is 0 Å².